The summed E-state index contributed by atoms with van der Waals surface area (Å²) in [5.41, 5.74) is 1.20. The molecule has 2 rings (SSSR count). The molecule has 0 aliphatic heterocycles. The number of hydrogen-bond donors (Lipinski definition) is 2. The van der Waals surface area contributed by atoms with Crippen molar-refractivity contribution in [1.82, 2.24) is 10.6 Å². The molecule has 1 fully saturated rings. The maximum absolute atomic E-state index is 11.5. The van der Waals surface area contributed by atoms with Crippen LogP contribution in [-0.2, 0) is 11.3 Å². The largest absolute Gasteiger partial charge is 0.484 e. The highest BCUT2D eigenvalue weighted by molar-refractivity contribution is 5.77. The van der Waals surface area contributed by atoms with E-state index in [0.29, 0.717) is 5.92 Å². The van der Waals surface area contributed by atoms with Crippen LogP contribution in [0.4, 0.5) is 0 Å². The van der Waals surface area contributed by atoms with E-state index >= 15 is 0 Å². The van der Waals surface area contributed by atoms with E-state index in [1.807, 2.05) is 31.3 Å². The molecule has 0 bridgehead atoms. The summed E-state index contributed by atoms with van der Waals surface area (Å²) in [7, 11) is 1.91. The molecule has 0 atom stereocenters. The number of carbonyl (C=O) groups excluding carboxylic acids is 1. The summed E-state index contributed by atoms with van der Waals surface area (Å²) < 4.78 is 5.42. The van der Waals surface area contributed by atoms with Crippen LogP contribution in [0.25, 0.3) is 0 Å². The highest BCUT2D eigenvalue weighted by Crippen LogP contribution is 2.27. The molecule has 0 saturated heterocycles. The highest BCUT2D eigenvalue weighted by atomic mass is 16.5. The maximum atomic E-state index is 11.5. The van der Waals surface area contributed by atoms with Crippen molar-refractivity contribution >= 4 is 5.91 Å². The zero-order valence-corrected chi connectivity index (χ0v) is 10.7. The Balaban J connectivity index is 1.69. The van der Waals surface area contributed by atoms with E-state index in [-0.39, 0.29) is 12.5 Å². The van der Waals surface area contributed by atoms with Gasteiger partial charge in [-0.2, -0.15) is 0 Å². The molecule has 4 nitrogen and oxygen atoms in total. The first-order valence-electron chi connectivity index (χ1n) is 6.41. The zero-order chi connectivity index (χ0) is 12.8. The van der Waals surface area contributed by atoms with Crippen LogP contribution in [0.15, 0.2) is 24.3 Å². The zero-order valence-electron chi connectivity index (χ0n) is 10.7. The van der Waals surface area contributed by atoms with Crippen molar-refractivity contribution in [1.29, 1.82) is 0 Å². The van der Waals surface area contributed by atoms with E-state index in [2.05, 4.69) is 10.6 Å². The first-order valence-corrected chi connectivity index (χ1v) is 6.41. The summed E-state index contributed by atoms with van der Waals surface area (Å²) in [6, 6.07) is 7.77. The second-order valence-corrected chi connectivity index (χ2v) is 4.71. The van der Waals surface area contributed by atoms with Crippen molar-refractivity contribution in [2.24, 2.45) is 5.92 Å². The van der Waals surface area contributed by atoms with Crippen molar-refractivity contribution < 1.29 is 9.53 Å². The minimum absolute atomic E-state index is 0.0406. The average molecular weight is 248 g/mol. The van der Waals surface area contributed by atoms with Crippen LogP contribution in [0.3, 0.4) is 0 Å². The highest BCUT2D eigenvalue weighted by Gasteiger charge is 2.21. The number of nitrogens with one attached hydrogen (secondary N) is 2. The SMILES string of the molecule is CNCc1ccc(OCC(=O)NCC2CC2)cc1. The Labute approximate surface area is 108 Å². The number of ether oxygens (including phenoxy) is 1. The number of amides is 1. The smallest absolute Gasteiger partial charge is 0.257 e. The topological polar surface area (TPSA) is 50.4 Å². The van der Waals surface area contributed by atoms with E-state index in [1.165, 1.54) is 18.4 Å². The van der Waals surface area contributed by atoms with Gasteiger partial charge in [0.1, 0.15) is 5.75 Å². The van der Waals surface area contributed by atoms with Crippen LogP contribution in [-0.4, -0.2) is 26.1 Å². The molecule has 1 aromatic carbocycles. The molecule has 0 unspecified atom stereocenters. The molecule has 18 heavy (non-hydrogen) atoms. The summed E-state index contributed by atoms with van der Waals surface area (Å²) in [4.78, 5) is 11.5. The van der Waals surface area contributed by atoms with Gasteiger partial charge in [0, 0.05) is 13.1 Å². The lowest BCUT2D eigenvalue weighted by Crippen LogP contribution is -2.30. The van der Waals surface area contributed by atoms with E-state index in [9.17, 15) is 4.79 Å². The molecule has 0 heterocycles. The molecule has 1 aliphatic rings. The quantitative estimate of drug-likeness (QED) is 0.765. The third-order valence-electron chi connectivity index (χ3n) is 2.96. The minimum Gasteiger partial charge on any atom is -0.484 e. The van der Waals surface area contributed by atoms with E-state index in [1.54, 1.807) is 0 Å². The fourth-order valence-electron chi connectivity index (χ4n) is 1.69. The summed E-state index contributed by atoms with van der Waals surface area (Å²) in [5, 5.41) is 5.95. The molecule has 1 saturated carbocycles. The lowest BCUT2D eigenvalue weighted by Gasteiger charge is -2.07. The molecule has 98 valence electrons. The molecular weight excluding hydrogens is 228 g/mol. The second-order valence-electron chi connectivity index (χ2n) is 4.71. The fraction of sp³-hybridized carbons (Fsp3) is 0.500. The molecule has 0 spiro atoms. The van der Waals surface area contributed by atoms with E-state index in [4.69, 9.17) is 4.74 Å². The summed E-state index contributed by atoms with van der Waals surface area (Å²) in [6.07, 6.45) is 2.49. The van der Waals surface area contributed by atoms with Gasteiger partial charge in [0.15, 0.2) is 6.61 Å². The van der Waals surface area contributed by atoms with Gasteiger partial charge in [0.25, 0.3) is 5.91 Å². The third-order valence-corrected chi connectivity index (χ3v) is 2.96. The van der Waals surface area contributed by atoms with Gasteiger partial charge in [0.2, 0.25) is 0 Å². The Morgan fingerprint density at radius 3 is 2.67 bits per heavy atom. The van der Waals surface area contributed by atoms with Crippen molar-refractivity contribution in [2.45, 2.75) is 19.4 Å². The summed E-state index contributed by atoms with van der Waals surface area (Å²) in [5.74, 6) is 1.40. The molecule has 4 heteroatoms. The Morgan fingerprint density at radius 1 is 1.33 bits per heavy atom. The molecule has 1 aromatic rings. The van der Waals surface area contributed by atoms with Gasteiger partial charge in [-0.1, -0.05) is 12.1 Å². The van der Waals surface area contributed by atoms with Crippen molar-refractivity contribution in [2.75, 3.05) is 20.2 Å². The Hall–Kier alpha value is -1.55. The predicted octanol–water partition coefficient (Wildman–Crippen LogP) is 1.31. The fourth-order valence-corrected chi connectivity index (χ4v) is 1.69. The first kappa shape index (κ1) is 12.9. The van der Waals surface area contributed by atoms with E-state index < -0.39 is 0 Å². The maximum Gasteiger partial charge on any atom is 0.257 e. The van der Waals surface area contributed by atoms with Crippen molar-refractivity contribution in [3.05, 3.63) is 29.8 Å². The van der Waals surface area contributed by atoms with Gasteiger partial charge in [-0.25, -0.2) is 0 Å². The van der Waals surface area contributed by atoms with Gasteiger partial charge in [-0.05, 0) is 43.5 Å². The van der Waals surface area contributed by atoms with Crippen LogP contribution in [0.2, 0.25) is 0 Å². The van der Waals surface area contributed by atoms with Crippen LogP contribution in [0.1, 0.15) is 18.4 Å². The predicted molar refractivity (Wildman–Crippen MR) is 70.4 cm³/mol. The lowest BCUT2D eigenvalue weighted by molar-refractivity contribution is -0.123. The lowest BCUT2D eigenvalue weighted by atomic mass is 10.2. The van der Waals surface area contributed by atoms with Crippen LogP contribution in [0, 0.1) is 5.92 Å². The number of rotatable bonds is 7. The standard InChI is InChI=1S/C14H20N2O2/c1-15-8-11-4-6-13(7-5-11)18-10-14(17)16-9-12-2-3-12/h4-7,12,15H,2-3,8-10H2,1H3,(H,16,17). The number of carbonyl (C=O) groups is 1. The first-order chi connectivity index (χ1) is 8.78. The Morgan fingerprint density at radius 2 is 2.06 bits per heavy atom. The summed E-state index contributed by atoms with van der Waals surface area (Å²) >= 11 is 0. The molecular formula is C14H20N2O2. The minimum atomic E-state index is -0.0406. The van der Waals surface area contributed by atoms with Gasteiger partial charge < -0.3 is 15.4 Å². The number of benzene rings is 1. The van der Waals surface area contributed by atoms with Crippen molar-refractivity contribution in [3.8, 4) is 5.75 Å². The Bertz CT molecular complexity index is 385. The molecule has 0 radical (unpaired) electrons. The van der Waals surface area contributed by atoms with Gasteiger partial charge in [0.05, 0.1) is 0 Å². The molecule has 1 amide bonds. The van der Waals surface area contributed by atoms with E-state index in [0.717, 1.165) is 18.8 Å². The Kier molecular flexibility index (Phi) is 4.59. The number of hydrogen-bond acceptors (Lipinski definition) is 3. The van der Waals surface area contributed by atoms with Crippen molar-refractivity contribution in [3.63, 3.8) is 0 Å². The van der Waals surface area contributed by atoms with Gasteiger partial charge in [-0.3, -0.25) is 4.79 Å². The average Bonchev–Trinajstić information content (AvgIpc) is 3.20. The van der Waals surface area contributed by atoms with Crippen LogP contribution < -0.4 is 15.4 Å². The van der Waals surface area contributed by atoms with Crippen LogP contribution >= 0.6 is 0 Å². The molecule has 2 N–H and O–H groups in total. The monoisotopic (exact) mass is 248 g/mol. The van der Waals surface area contributed by atoms with Gasteiger partial charge >= 0.3 is 0 Å². The van der Waals surface area contributed by atoms with Gasteiger partial charge in [-0.15, -0.1) is 0 Å². The second kappa shape index (κ2) is 6.40. The summed E-state index contributed by atoms with van der Waals surface area (Å²) in [6.45, 7) is 1.73. The molecule has 0 aromatic heterocycles. The third kappa shape index (κ3) is 4.37. The normalized spacial score (nSPS) is 14.3. The van der Waals surface area contributed by atoms with Crippen LogP contribution in [0.5, 0.6) is 5.75 Å². The molecule has 1 aliphatic carbocycles.